The molecule has 10 nitrogen and oxygen atoms in total. The summed E-state index contributed by atoms with van der Waals surface area (Å²) < 4.78 is 15.4. The minimum Gasteiger partial charge on any atom is -0.353 e. The third-order valence-electron chi connectivity index (χ3n) is 5.37. The largest absolute Gasteiger partial charge is 0.353 e. The molecule has 11 heteroatoms. The van der Waals surface area contributed by atoms with Crippen molar-refractivity contribution in [2.75, 3.05) is 45.1 Å². The SMILES string of the molecule is CN1CCN(C(CNC(=O)C(=O)Nc2ccc(F)c([N+](=O)[O-])c2)c2cccn2C)CC1. The Kier molecular flexibility index (Phi) is 6.98. The predicted molar refractivity (Wildman–Crippen MR) is 112 cm³/mol. The molecule has 1 aromatic heterocycles. The van der Waals surface area contributed by atoms with Crippen molar-refractivity contribution in [2.45, 2.75) is 6.04 Å². The number of likely N-dealkylation sites (N-methyl/N-ethyl adjacent to an activating group) is 1. The first-order valence-electron chi connectivity index (χ1n) is 9.83. The molecule has 0 aliphatic carbocycles. The van der Waals surface area contributed by atoms with Crippen LogP contribution < -0.4 is 10.6 Å². The molecule has 0 saturated carbocycles. The summed E-state index contributed by atoms with van der Waals surface area (Å²) in [7, 11) is 3.98. The fraction of sp³-hybridized carbons (Fsp3) is 0.400. The number of aryl methyl sites for hydroxylation is 1. The monoisotopic (exact) mass is 432 g/mol. The van der Waals surface area contributed by atoms with E-state index in [2.05, 4.69) is 27.5 Å². The minimum absolute atomic E-state index is 0.0358. The van der Waals surface area contributed by atoms with Crippen molar-refractivity contribution in [2.24, 2.45) is 7.05 Å². The number of halogens is 1. The summed E-state index contributed by atoms with van der Waals surface area (Å²) in [5.41, 5.74) is 0.197. The van der Waals surface area contributed by atoms with E-state index in [0.29, 0.717) is 0 Å². The second-order valence-electron chi connectivity index (χ2n) is 7.49. The van der Waals surface area contributed by atoms with Gasteiger partial charge in [0.25, 0.3) is 0 Å². The first-order valence-corrected chi connectivity index (χ1v) is 9.83. The normalized spacial score (nSPS) is 16.0. The van der Waals surface area contributed by atoms with Gasteiger partial charge in [-0.3, -0.25) is 24.6 Å². The molecule has 166 valence electrons. The molecule has 2 N–H and O–H groups in total. The second kappa shape index (κ2) is 9.67. The summed E-state index contributed by atoms with van der Waals surface area (Å²) in [6, 6.07) is 6.69. The lowest BCUT2D eigenvalue weighted by Gasteiger charge is -2.38. The van der Waals surface area contributed by atoms with Crippen LogP contribution in [-0.4, -0.2) is 70.9 Å². The lowest BCUT2D eigenvalue weighted by Crippen LogP contribution is -2.49. The predicted octanol–water partition coefficient (Wildman–Crippen LogP) is 1.12. The van der Waals surface area contributed by atoms with E-state index in [1.165, 1.54) is 0 Å². The number of nitrogens with zero attached hydrogens (tertiary/aromatic N) is 4. The third-order valence-corrected chi connectivity index (χ3v) is 5.37. The van der Waals surface area contributed by atoms with E-state index in [1.54, 1.807) is 0 Å². The van der Waals surface area contributed by atoms with Gasteiger partial charge in [0.15, 0.2) is 0 Å². The van der Waals surface area contributed by atoms with Gasteiger partial charge in [0.1, 0.15) is 0 Å². The Morgan fingerprint density at radius 3 is 2.48 bits per heavy atom. The molecule has 2 aromatic rings. The molecule has 1 atom stereocenters. The lowest BCUT2D eigenvalue weighted by molar-refractivity contribution is -0.387. The minimum atomic E-state index is -1.02. The first-order chi connectivity index (χ1) is 14.8. The van der Waals surface area contributed by atoms with E-state index in [0.717, 1.165) is 50.1 Å². The summed E-state index contributed by atoms with van der Waals surface area (Å²) in [6.07, 6.45) is 1.92. The summed E-state index contributed by atoms with van der Waals surface area (Å²) in [5, 5.41) is 15.8. The highest BCUT2D eigenvalue weighted by molar-refractivity contribution is 6.39. The van der Waals surface area contributed by atoms with Crippen LogP contribution in [0.5, 0.6) is 0 Å². The van der Waals surface area contributed by atoms with E-state index in [4.69, 9.17) is 0 Å². The fourth-order valence-electron chi connectivity index (χ4n) is 3.56. The van der Waals surface area contributed by atoms with Gasteiger partial charge in [-0.15, -0.1) is 0 Å². The molecule has 1 aromatic carbocycles. The van der Waals surface area contributed by atoms with E-state index in [-0.39, 0.29) is 18.3 Å². The molecule has 1 aliphatic heterocycles. The number of anilines is 1. The van der Waals surface area contributed by atoms with Crippen molar-refractivity contribution >= 4 is 23.2 Å². The number of nitrogens with one attached hydrogen (secondary N) is 2. The number of rotatable bonds is 6. The van der Waals surface area contributed by atoms with Gasteiger partial charge >= 0.3 is 17.5 Å². The zero-order valence-corrected chi connectivity index (χ0v) is 17.4. The van der Waals surface area contributed by atoms with Crippen molar-refractivity contribution < 1.29 is 18.9 Å². The molecule has 31 heavy (non-hydrogen) atoms. The number of carbonyl (C=O) groups excluding carboxylic acids is 2. The molecule has 0 bridgehead atoms. The number of nitro groups is 1. The van der Waals surface area contributed by atoms with Crippen LogP contribution in [-0.2, 0) is 16.6 Å². The van der Waals surface area contributed by atoms with Gasteiger partial charge in [-0.05, 0) is 31.3 Å². The van der Waals surface area contributed by atoms with Crippen molar-refractivity contribution in [1.29, 1.82) is 0 Å². The van der Waals surface area contributed by atoms with Gasteiger partial charge in [-0.25, -0.2) is 0 Å². The maximum absolute atomic E-state index is 13.5. The topological polar surface area (TPSA) is 113 Å². The summed E-state index contributed by atoms with van der Waals surface area (Å²) >= 11 is 0. The Morgan fingerprint density at radius 2 is 1.87 bits per heavy atom. The van der Waals surface area contributed by atoms with Crippen LogP contribution in [0, 0.1) is 15.9 Å². The van der Waals surface area contributed by atoms with Crippen LogP contribution >= 0.6 is 0 Å². The van der Waals surface area contributed by atoms with Crippen molar-refractivity contribution in [3.63, 3.8) is 0 Å². The van der Waals surface area contributed by atoms with Gasteiger partial charge < -0.3 is 20.1 Å². The van der Waals surface area contributed by atoms with Crippen LogP contribution in [0.1, 0.15) is 11.7 Å². The van der Waals surface area contributed by atoms with Crippen LogP contribution in [0.25, 0.3) is 0 Å². The van der Waals surface area contributed by atoms with Crippen molar-refractivity contribution in [3.05, 3.63) is 58.2 Å². The van der Waals surface area contributed by atoms with E-state index >= 15 is 0 Å². The quantitative estimate of drug-likeness (QED) is 0.402. The van der Waals surface area contributed by atoms with Gasteiger partial charge in [0.2, 0.25) is 5.82 Å². The van der Waals surface area contributed by atoms with Crippen LogP contribution in [0.2, 0.25) is 0 Å². The molecule has 0 radical (unpaired) electrons. The number of aromatic nitrogens is 1. The average Bonchev–Trinajstić information content (AvgIpc) is 3.16. The zero-order chi connectivity index (χ0) is 22.5. The maximum Gasteiger partial charge on any atom is 0.313 e. The Morgan fingerprint density at radius 1 is 1.16 bits per heavy atom. The highest BCUT2D eigenvalue weighted by Gasteiger charge is 2.27. The molecular formula is C20H25FN6O4. The Hall–Kier alpha value is -3.31. The third kappa shape index (κ3) is 5.44. The van der Waals surface area contributed by atoms with Crippen LogP contribution in [0.4, 0.5) is 15.8 Å². The number of piperazine rings is 1. The van der Waals surface area contributed by atoms with Gasteiger partial charge in [0, 0.05) is 63.4 Å². The van der Waals surface area contributed by atoms with E-state index in [1.807, 2.05) is 29.9 Å². The lowest BCUT2D eigenvalue weighted by atomic mass is 10.1. The van der Waals surface area contributed by atoms with Crippen LogP contribution in [0.15, 0.2) is 36.5 Å². The number of benzene rings is 1. The van der Waals surface area contributed by atoms with E-state index < -0.39 is 28.2 Å². The molecule has 2 amide bonds. The standard InChI is InChI=1S/C20H25FN6O4/c1-24-8-10-26(11-9-24)18(16-4-3-7-25(16)2)13-22-19(28)20(29)23-14-5-6-15(21)17(12-14)27(30)31/h3-7,12,18H,8-11,13H2,1-2H3,(H,22,28)(H,23,29). The number of amides is 2. The number of carbonyl (C=O) groups is 2. The molecule has 1 fully saturated rings. The summed E-state index contributed by atoms with van der Waals surface area (Å²) in [4.78, 5) is 39.1. The van der Waals surface area contributed by atoms with Crippen molar-refractivity contribution in [3.8, 4) is 0 Å². The number of hydrogen-bond acceptors (Lipinski definition) is 6. The smallest absolute Gasteiger partial charge is 0.313 e. The number of hydrogen-bond donors (Lipinski definition) is 2. The van der Waals surface area contributed by atoms with Gasteiger partial charge in [0.05, 0.1) is 11.0 Å². The van der Waals surface area contributed by atoms with Crippen molar-refractivity contribution in [1.82, 2.24) is 19.7 Å². The Bertz CT molecular complexity index is 970. The number of nitro benzene ring substituents is 1. The average molecular weight is 432 g/mol. The highest BCUT2D eigenvalue weighted by atomic mass is 19.1. The molecule has 0 spiro atoms. The first kappa shape index (κ1) is 22.4. The maximum atomic E-state index is 13.5. The van der Waals surface area contributed by atoms with Gasteiger partial charge in [-0.1, -0.05) is 0 Å². The molecule has 1 saturated heterocycles. The Balaban J connectivity index is 1.65. The van der Waals surface area contributed by atoms with E-state index in [9.17, 15) is 24.1 Å². The van der Waals surface area contributed by atoms with Crippen LogP contribution in [0.3, 0.4) is 0 Å². The fourth-order valence-corrected chi connectivity index (χ4v) is 3.56. The molecule has 3 rings (SSSR count). The summed E-state index contributed by atoms with van der Waals surface area (Å²) in [5.74, 6) is -2.88. The van der Waals surface area contributed by atoms with Gasteiger partial charge in [-0.2, -0.15) is 4.39 Å². The Labute approximate surface area is 178 Å². The molecule has 1 unspecified atom stereocenters. The summed E-state index contributed by atoms with van der Waals surface area (Å²) in [6.45, 7) is 3.68. The zero-order valence-electron chi connectivity index (χ0n) is 17.4. The molecular weight excluding hydrogens is 407 g/mol. The highest BCUT2D eigenvalue weighted by Crippen LogP contribution is 2.23. The molecule has 2 heterocycles. The second-order valence-corrected chi connectivity index (χ2v) is 7.49. The molecule has 1 aliphatic rings.